The number of aromatic nitrogens is 1. The maximum Gasteiger partial charge on any atom is 0.224 e. The minimum Gasteiger partial charge on any atom is -0.497 e. The standard InChI is InChI=1S/C19H20N2O3S/c1-23-13-10-11-16(24-2)15(12-13)20-18(22)8-5-9-19-21-14-6-3-4-7-17(14)25-19/h3-4,6-7,10-12H,5,8-9H2,1-2H3,(H,20,22). The van der Waals surface area contributed by atoms with E-state index < -0.39 is 0 Å². The third-order valence-electron chi connectivity index (χ3n) is 3.81. The molecule has 2 aromatic carbocycles. The number of hydrogen-bond acceptors (Lipinski definition) is 5. The zero-order valence-electron chi connectivity index (χ0n) is 14.2. The summed E-state index contributed by atoms with van der Waals surface area (Å²) in [7, 11) is 3.16. The van der Waals surface area contributed by atoms with E-state index in [9.17, 15) is 4.79 Å². The van der Waals surface area contributed by atoms with Crippen LogP contribution in [0, 0.1) is 0 Å². The molecule has 1 amide bonds. The summed E-state index contributed by atoms with van der Waals surface area (Å²) < 4.78 is 11.6. The zero-order chi connectivity index (χ0) is 17.6. The van der Waals surface area contributed by atoms with E-state index >= 15 is 0 Å². The highest BCUT2D eigenvalue weighted by Crippen LogP contribution is 2.29. The predicted octanol–water partition coefficient (Wildman–Crippen LogP) is 4.27. The lowest BCUT2D eigenvalue weighted by molar-refractivity contribution is -0.116. The van der Waals surface area contributed by atoms with Crippen molar-refractivity contribution in [1.82, 2.24) is 4.98 Å². The Morgan fingerprint density at radius 1 is 1.16 bits per heavy atom. The Balaban J connectivity index is 1.56. The van der Waals surface area contributed by atoms with E-state index in [0.29, 0.717) is 23.6 Å². The second kappa shape index (κ2) is 7.98. The van der Waals surface area contributed by atoms with Crippen molar-refractivity contribution >= 4 is 33.1 Å². The first-order valence-electron chi connectivity index (χ1n) is 8.06. The second-order valence-corrected chi connectivity index (χ2v) is 6.66. The van der Waals surface area contributed by atoms with Crippen LogP contribution in [0.15, 0.2) is 42.5 Å². The molecule has 0 spiro atoms. The molecule has 0 unspecified atom stereocenters. The van der Waals surface area contributed by atoms with Gasteiger partial charge in [-0.1, -0.05) is 12.1 Å². The highest BCUT2D eigenvalue weighted by Gasteiger charge is 2.10. The minimum atomic E-state index is -0.0485. The van der Waals surface area contributed by atoms with Crippen molar-refractivity contribution in [1.29, 1.82) is 0 Å². The van der Waals surface area contributed by atoms with Crippen LogP contribution in [0.5, 0.6) is 11.5 Å². The molecule has 1 aromatic heterocycles. The van der Waals surface area contributed by atoms with Crippen molar-refractivity contribution in [2.24, 2.45) is 0 Å². The van der Waals surface area contributed by atoms with E-state index in [1.54, 1.807) is 43.8 Å². The summed E-state index contributed by atoms with van der Waals surface area (Å²) in [4.78, 5) is 16.8. The van der Waals surface area contributed by atoms with E-state index in [1.807, 2.05) is 18.2 Å². The third-order valence-corrected chi connectivity index (χ3v) is 4.91. The van der Waals surface area contributed by atoms with Crippen LogP contribution in [0.1, 0.15) is 17.8 Å². The number of carbonyl (C=O) groups excluding carboxylic acids is 1. The molecule has 1 N–H and O–H groups in total. The minimum absolute atomic E-state index is 0.0485. The Kier molecular flexibility index (Phi) is 5.50. The molecule has 5 nitrogen and oxygen atoms in total. The normalized spacial score (nSPS) is 10.6. The summed E-state index contributed by atoms with van der Waals surface area (Å²) in [6.45, 7) is 0. The molecule has 6 heteroatoms. The molecular weight excluding hydrogens is 336 g/mol. The van der Waals surface area contributed by atoms with E-state index in [4.69, 9.17) is 9.47 Å². The number of benzene rings is 2. The lowest BCUT2D eigenvalue weighted by atomic mass is 10.2. The molecule has 0 aliphatic carbocycles. The smallest absolute Gasteiger partial charge is 0.224 e. The number of para-hydroxylation sites is 1. The van der Waals surface area contributed by atoms with Crippen LogP contribution in [-0.2, 0) is 11.2 Å². The summed E-state index contributed by atoms with van der Waals surface area (Å²) in [5.41, 5.74) is 1.64. The second-order valence-electron chi connectivity index (χ2n) is 5.54. The number of nitrogens with one attached hydrogen (secondary N) is 1. The Hall–Kier alpha value is -2.60. The van der Waals surface area contributed by atoms with Crippen molar-refractivity contribution < 1.29 is 14.3 Å². The number of hydrogen-bond donors (Lipinski definition) is 1. The number of ether oxygens (including phenoxy) is 2. The van der Waals surface area contributed by atoms with Gasteiger partial charge in [0.05, 0.1) is 35.1 Å². The first-order valence-corrected chi connectivity index (χ1v) is 8.87. The van der Waals surface area contributed by atoms with Gasteiger partial charge in [0.15, 0.2) is 0 Å². The summed E-state index contributed by atoms with van der Waals surface area (Å²) in [5.74, 6) is 1.23. The summed E-state index contributed by atoms with van der Waals surface area (Å²) in [6.07, 6.45) is 1.97. The van der Waals surface area contributed by atoms with Gasteiger partial charge in [-0.25, -0.2) is 4.98 Å². The summed E-state index contributed by atoms with van der Waals surface area (Å²) in [5, 5.41) is 3.95. The molecule has 0 fully saturated rings. The maximum atomic E-state index is 12.2. The Morgan fingerprint density at radius 3 is 2.76 bits per heavy atom. The number of methoxy groups -OCH3 is 2. The molecule has 0 aliphatic rings. The van der Waals surface area contributed by atoms with Crippen LogP contribution < -0.4 is 14.8 Å². The highest BCUT2D eigenvalue weighted by molar-refractivity contribution is 7.18. The first-order chi connectivity index (χ1) is 12.2. The molecule has 0 radical (unpaired) electrons. The largest absolute Gasteiger partial charge is 0.497 e. The lowest BCUT2D eigenvalue weighted by Gasteiger charge is -2.11. The SMILES string of the molecule is COc1ccc(OC)c(NC(=O)CCCc2nc3ccccc3s2)c1. The summed E-state index contributed by atoms with van der Waals surface area (Å²) in [6, 6.07) is 13.4. The molecular formula is C19H20N2O3S. The zero-order valence-corrected chi connectivity index (χ0v) is 15.1. The number of anilines is 1. The van der Waals surface area contributed by atoms with Gasteiger partial charge in [-0.2, -0.15) is 0 Å². The van der Waals surface area contributed by atoms with Crippen LogP contribution in [0.2, 0.25) is 0 Å². The molecule has 3 rings (SSSR count). The van der Waals surface area contributed by atoms with Gasteiger partial charge in [0, 0.05) is 12.5 Å². The van der Waals surface area contributed by atoms with E-state index in [-0.39, 0.29) is 5.91 Å². The highest BCUT2D eigenvalue weighted by atomic mass is 32.1. The van der Waals surface area contributed by atoms with Crippen molar-refractivity contribution in [3.63, 3.8) is 0 Å². The van der Waals surface area contributed by atoms with Crippen molar-refractivity contribution in [3.05, 3.63) is 47.5 Å². The van der Waals surface area contributed by atoms with Crippen LogP contribution in [0.3, 0.4) is 0 Å². The van der Waals surface area contributed by atoms with Gasteiger partial charge in [-0.15, -0.1) is 11.3 Å². The molecule has 25 heavy (non-hydrogen) atoms. The molecule has 3 aromatic rings. The fourth-order valence-electron chi connectivity index (χ4n) is 2.55. The van der Waals surface area contributed by atoms with Gasteiger partial charge >= 0.3 is 0 Å². The van der Waals surface area contributed by atoms with Gasteiger partial charge in [0.25, 0.3) is 0 Å². The van der Waals surface area contributed by atoms with Gasteiger partial charge in [0.2, 0.25) is 5.91 Å². The molecule has 0 saturated heterocycles. The Labute approximate surface area is 150 Å². The fourth-order valence-corrected chi connectivity index (χ4v) is 3.56. The Morgan fingerprint density at radius 2 is 2.00 bits per heavy atom. The van der Waals surface area contributed by atoms with Crippen LogP contribution in [0.4, 0.5) is 5.69 Å². The molecule has 1 heterocycles. The third kappa shape index (κ3) is 4.28. The van der Waals surface area contributed by atoms with Gasteiger partial charge in [0.1, 0.15) is 11.5 Å². The maximum absolute atomic E-state index is 12.2. The van der Waals surface area contributed by atoms with Crippen molar-refractivity contribution in [2.75, 3.05) is 19.5 Å². The number of thiazole rings is 1. The number of nitrogens with zero attached hydrogens (tertiary/aromatic N) is 1. The lowest BCUT2D eigenvalue weighted by Crippen LogP contribution is -2.12. The van der Waals surface area contributed by atoms with Gasteiger partial charge in [-0.3, -0.25) is 4.79 Å². The Bertz CT molecular complexity index is 843. The topological polar surface area (TPSA) is 60.5 Å². The number of amides is 1. The number of fused-ring (bicyclic) bond motifs is 1. The van der Waals surface area contributed by atoms with Crippen LogP contribution in [-0.4, -0.2) is 25.1 Å². The molecule has 130 valence electrons. The quantitative estimate of drug-likeness (QED) is 0.686. The first kappa shape index (κ1) is 17.2. The fraction of sp³-hybridized carbons (Fsp3) is 0.263. The molecule has 0 saturated carbocycles. The van der Waals surface area contributed by atoms with Crippen LogP contribution in [0.25, 0.3) is 10.2 Å². The number of carbonyl (C=O) groups is 1. The molecule has 0 aliphatic heterocycles. The number of aryl methyl sites for hydroxylation is 1. The van der Waals surface area contributed by atoms with E-state index in [0.717, 1.165) is 23.4 Å². The predicted molar refractivity (Wildman–Crippen MR) is 101 cm³/mol. The number of rotatable bonds is 7. The van der Waals surface area contributed by atoms with E-state index in [1.165, 1.54) is 4.70 Å². The van der Waals surface area contributed by atoms with Crippen LogP contribution >= 0.6 is 11.3 Å². The molecule has 0 atom stereocenters. The monoisotopic (exact) mass is 356 g/mol. The average molecular weight is 356 g/mol. The summed E-state index contributed by atoms with van der Waals surface area (Å²) >= 11 is 1.68. The molecule has 0 bridgehead atoms. The van der Waals surface area contributed by atoms with Crippen molar-refractivity contribution in [2.45, 2.75) is 19.3 Å². The van der Waals surface area contributed by atoms with Gasteiger partial charge < -0.3 is 14.8 Å². The van der Waals surface area contributed by atoms with E-state index in [2.05, 4.69) is 16.4 Å². The van der Waals surface area contributed by atoms with Crippen molar-refractivity contribution in [3.8, 4) is 11.5 Å². The van der Waals surface area contributed by atoms with Gasteiger partial charge in [-0.05, 0) is 37.1 Å². The average Bonchev–Trinajstić information content (AvgIpc) is 3.04.